The topological polar surface area (TPSA) is 138 Å². The number of aliphatic hydroxyl groups excluding tert-OH is 1. The number of rotatable bonds is 11. The Hall–Kier alpha value is -3.23. The molecule has 0 spiro atoms. The second-order valence-corrected chi connectivity index (χ2v) is 7.84. The van der Waals surface area contributed by atoms with Crippen LogP contribution in [0.2, 0.25) is 0 Å². The van der Waals surface area contributed by atoms with Gasteiger partial charge in [-0.15, -0.1) is 0 Å². The molecule has 1 aromatic carbocycles. The number of phenols is 1. The van der Waals surface area contributed by atoms with Crippen molar-refractivity contribution in [3.8, 4) is 5.75 Å². The quantitative estimate of drug-likeness (QED) is 0.339. The Balaban J connectivity index is 2.48. The van der Waals surface area contributed by atoms with E-state index in [2.05, 4.69) is 11.6 Å². The van der Waals surface area contributed by atoms with E-state index < -0.39 is 0 Å². The number of benzene rings is 1. The number of H-pyrrole nitrogens is 1. The van der Waals surface area contributed by atoms with E-state index in [0.717, 1.165) is 11.3 Å². The van der Waals surface area contributed by atoms with Gasteiger partial charge in [-0.3, -0.25) is 4.79 Å². The number of nitrogen functional groups attached to an aromatic ring is 1. The van der Waals surface area contributed by atoms with Crippen LogP contribution < -0.4 is 11.5 Å². The minimum atomic E-state index is -0.164. The lowest BCUT2D eigenvalue weighted by Gasteiger charge is -2.28. The number of phenolic OH excluding ortho intramolecular Hbond substituents is 1. The van der Waals surface area contributed by atoms with Gasteiger partial charge in [-0.25, -0.2) is 0 Å². The molecule has 0 unspecified atom stereocenters. The minimum Gasteiger partial charge on any atom is -0.507 e. The molecule has 1 amide bonds. The first-order chi connectivity index (χ1) is 15.2. The van der Waals surface area contributed by atoms with Gasteiger partial charge in [0, 0.05) is 60.8 Å². The van der Waals surface area contributed by atoms with Crippen molar-refractivity contribution in [3.63, 3.8) is 0 Å². The largest absolute Gasteiger partial charge is 0.507 e. The molecule has 1 heterocycles. The Kier molecular flexibility index (Phi) is 8.92. The maximum atomic E-state index is 12.0. The van der Waals surface area contributed by atoms with Gasteiger partial charge in [0.2, 0.25) is 5.91 Å². The van der Waals surface area contributed by atoms with Gasteiger partial charge in [0.1, 0.15) is 11.6 Å². The Morgan fingerprint density at radius 2 is 2.06 bits per heavy atom. The number of aromatic amines is 1. The number of nitrogens with zero attached hydrogens (tertiary/aromatic N) is 1. The third kappa shape index (κ3) is 5.72. The number of para-hydroxylation sites is 1. The minimum absolute atomic E-state index is 0.0208. The lowest BCUT2D eigenvalue weighted by atomic mass is 9.90. The molecule has 7 N–H and O–H groups in total. The summed E-state index contributed by atoms with van der Waals surface area (Å²) in [5, 5.41) is 19.8. The summed E-state index contributed by atoms with van der Waals surface area (Å²) in [5.41, 5.74) is 15.8. The first-order valence-corrected chi connectivity index (χ1v) is 10.5. The van der Waals surface area contributed by atoms with E-state index in [9.17, 15) is 15.0 Å². The van der Waals surface area contributed by atoms with E-state index in [-0.39, 0.29) is 36.8 Å². The number of carbonyl (C=O) groups is 1. The summed E-state index contributed by atoms with van der Waals surface area (Å²) >= 11 is 0. The van der Waals surface area contributed by atoms with E-state index in [1.54, 1.807) is 49.4 Å². The van der Waals surface area contributed by atoms with Crippen molar-refractivity contribution in [1.82, 2.24) is 9.88 Å². The molecule has 0 saturated heterocycles. The van der Waals surface area contributed by atoms with E-state index in [4.69, 9.17) is 16.2 Å². The van der Waals surface area contributed by atoms with Crippen LogP contribution in [0.5, 0.6) is 5.75 Å². The fraction of sp³-hybridized carbons (Fsp3) is 0.375. The third-order valence-corrected chi connectivity index (χ3v) is 5.71. The van der Waals surface area contributed by atoms with Crippen LogP contribution in [-0.2, 0) is 16.1 Å². The standard InChI is InChI=1S/C24H34N4O4/c1-5-22(31)28(3)15(2)12-16(10-11-29)23-19(14-32-4)18(24(26)27-23)13-20(25)17-8-6-7-9-21(17)30/h5-9,13,15-16,27,29-30H,1,10-12,14,25-26H2,2-4H3/b20-13-/t15-,16+/m0/s1. The number of carbonyl (C=O) groups excluding carboxylic acids is 1. The van der Waals surface area contributed by atoms with Crippen LogP contribution in [0.4, 0.5) is 5.82 Å². The Labute approximate surface area is 189 Å². The number of amides is 1. The van der Waals surface area contributed by atoms with Gasteiger partial charge in [-0.2, -0.15) is 0 Å². The van der Waals surface area contributed by atoms with Crippen molar-refractivity contribution in [3.05, 3.63) is 59.3 Å². The van der Waals surface area contributed by atoms with Crippen LogP contribution in [0, 0.1) is 0 Å². The average Bonchev–Trinajstić information content (AvgIpc) is 3.07. The van der Waals surface area contributed by atoms with Gasteiger partial charge < -0.3 is 36.3 Å². The fourth-order valence-corrected chi connectivity index (χ4v) is 3.83. The van der Waals surface area contributed by atoms with E-state index >= 15 is 0 Å². The second-order valence-electron chi connectivity index (χ2n) is 7.84. The molecule has 2 aromatic rings. The molecule has 0 radical (unpaired) electrons. The van der Waals surface area contributed by atoms with E-state index in [0.29, 0.717) is 35.5 Å². The van der Waals surface area contributed by atoms with Crippen LogP contribution in [0.3, 0.4) is 0 Å². The molecule has 0 aliphatic carbocycles. The normalized spacial score (nSPS) is 13.6. The summed E-state index contributed by atoms with van der Waals surface area (Å²) in [6, 6.07) is 6.71. The number of aromatic hydroxyl groups is 1. The molecule has 0 bridgehead atoms. The first-order valence-electron chi connectivity index (χ1n) is 10.5. The Morgan fingerprint density at radius 3 is 2.66 bits per heavy atom. The number of hydrogen-bond acceptors (Lipinski definition) is 6. The number of aromatic nitrogens is 1. The average molecular weight is 443 g/mol. The fourth-order valence-electron chi connectivity index (χ4n) is 3.83. The van der Waals surface area contributed by atoms with E-state index in [1.807, 2.05) is 6.92 Å². The summed E-state index contributed by atoms with van der Waals surface area (Å²) in [5.74, 6) is 0.223. The van der Waals surface area contributed by atoms with Crippen molar-refractivity contribution in [2.24, 2.45) is 5.73 Å². The number of likely N-dealkylation sites (N-methyl/N-ethyl adjacent to an activating group) is 1. The predicted octanol–water partition coefficient (Wildman–Crippen LogP) is 2.79. The Bertz CT molecular complexity index is 967. The zero-order chi connectivity index (χ0) is 23.8. The predicted molar refractivity (Wildman–Crippen MR) is 128 cm³/mol. The van der Waals surface area contributed by atoms with Crippen LogP contribution in [0.25, 0.3) is 11.8 Å². The van der Waals surface area contributed by atoms with Gasteiger partial charge in [0.15, 0.2) is 0 Å². The maximum Gasteiger partial charge on any atom is 0.245 e. The molecule has 2 atom stereocenters. The molecule has 2 rings (SSSR count). The van der Waals surface area contributed by atoms with Gasteiger partial charge in [-0.05, 0) is 44.1 Å². The monoisotopic (exact) mass is 442 g/mol. The van der Waals surface area contributed by atoms with E-state index in [1.165, 1.54) is 6.08 Å². The summed E-state index contributed by atoms with van der Waals surface area (Å²) in [7, 11) is 3.32. The molecular weight excluding hydrogens is 408 g/mol. The molecule has 0 aliphatic heterocycles. The number of nitrogens with one attached hydrogen (secondary N) is 1. The van der Waals surface area contributed by atoms with Crippen LogP contribution in [-0.4, -0.2) is 52.8 Å². The Morgan fingerprint density at radius 1 is 1.38 bits per heavy atom. The maximum absolute atomic E-state index is 12.0. The highest BCUT2D eigenvalue weighted by Crippen LogP contribution is 2.35. The first kappa shape index (κ1) is 25.0. The zero-order valence-electron chi connectivity index (χ0n) is 19.0. The number of hydrogen-bond donors (Lipinski definition) is 5. The zero-order valence-corrected chi connectivity index (χ0v) is 19.0. The van der Waals surface area contributed by atoms with Crippen LogP contribution >= 0.6 is 0 Å². The van der Waals surface area contributed by atoms with Gasteiger partial charge in [-0.1, -0.05) is 18.7 Å². The molecule has 174 valence electrons. The number of ether oxygens (including phenoxy) is 1. The summed E-state index contributed by atoms with van der Waals surface area (Å²) in [6.45, 7) is 5.75. The van der Waals surface area contributed by atoms with Crippen molar-refractivity contribution >= 4 is 23.5 Å². The third-order valence-electron chi connectivity index (χ3n) is 5.71. The second kappa shape index (κ2) is 11.4. The van der Waals surface area contributed by atoms with Crippen molar-refractivity contribution < 1.29 is 19.7 Å². The molecule has 8 nitrogen and oxygen atoms in total. The number of nitrogens with two attached hydrogens (primary N) is 2. The smallest absolute Gasteiger partial charge is 0.245 e. The number of methoxy groups -OCH3 is 1. The molecule has 8 heteroatoms. The molecule has 0 fully saturated rings. The van der Waals surface area contributed by atoms with Gasteiger partial charge >= 0.3 is 0 Å². The SMILES string of the molecule is C=CC(=O)N(C)[C@@H](C)C[C@@H](CCO)c1[nH]c(N)c(/C=C(\N)c2ccccc2O)c1COC. The molecule has 32 heavy (non-hydrogen) atoms. The highest BCUT2D eigenvalue weighted by Gasteiger charge is 2.26. The molecule has 0 saturated carbocycles. The molecule has 0 aliphatic rings. The van der Waals surface area contributed by atoms with Crippen LogP contribution in [0.15, 0.2) is 36.9 Å². The highest BCUT2D eigenvalue weighted by molar-refractivity contribution is 5.87. The van der Waals surface area contributed by atoms with Gasteiger partial charge in [0.25, 0.3) is 0 Å². The number of aliphatic hydroxyl groups is 1. The van der Waals surface area contributed by atoms with Gasteiger partial charge in [0.05, 0.1) is 6.61 Å². The highest BCUT2D eigenvalue weighted by atomic mass is 16.5. The van der Waals surface area contributed by atoms with Crippen molar-refractivity contribution in [2.75, 3.05) is 26.5 Å². The summed E-state index contributed by atoms with van der Waals surface area (Å²) in [4.78, 5) is 16.9. The van der Waals surface area contributed by atoms with Crippen molar-refractivity contribution in [1.29, 1.82) is 0 Å². The lowest BCUT2D eigenvalue weighted by molar-refractivity contribution is -0.126. The molecule has 1 aromatic heterocycles. The number of anilines is 1. The van der Waals surface area contributed by atoms with Crippen molar-refractivity contribution in [2.45, 2.75) is 38.3 Å². The molecular formula is C24H34N4O4. The van der Waals surface area contributed by atoms with Crippen LogP contribution in [0.1, 0.15) is 48.1 Å². The summed E-state index contributed by atoms with van der Waals surface area (Å²) in [6.07, 6.45) is 4.08. The lowest BCUT2D eigenvalue weighted by Crippen LogP contribution is -2.35. The summed E-state index contributed by atoms with van der Waals surface area (Å²) < 4.78 is 5.43.